The highest BCUT2D eigenvalue weighted by molar-refractivity contribution is 5.92. The molecule has 0 spiro atoms. The Morgan fingerprint density at radius 3 is 2.62 bits per heavy atom. The van der Waals surface area contributed by atoms with Gasteiger partial charge < -0.3 is 19.7 Å². The Bertz CT molecular complexity index is 673. The number of benzene rings is 2. The highest BCUT2D eigenvalue weighted by Crippen LogP contribution is 2.23. The number of amides is 1. The lowest BCUT2D eigenvalue weighted by Gasteiger charge is -2.17. The molecule has 5 heteroatoms. The minimum atomic E-state index is -0.0306. The van der Waals surface area contributed by atoms with E-state index in [2.05, 4.69) is 10.2 Å². The van der Waals surface area contributed by atoms with Crippen molar-refractivity contribution in [3.63, 3.8) is 0 Å². The first-order chi connectivity index (χ1) is 11.6. The van der Waals surface area contributed by atoms with Gasteiger partial charge in [0.2, 0.25) is 5.91 Å². The smallest absolute Gasteiger partial charge is 0.225 e. The Labute approximate surface area is 143 Å². The highest BCUT2D eigenvalue weighted by Gasteiger charge is 2.09. The van der Waals surface area contributed by atoms with Gasteiger partial charge in [-0.25, -0.2) is 0 Å². The first-order valence-electron chi connectivity index (χ1n) is 7.86. The molecule has 0 fully saturated rings. The number of carbonyl (C=O) groups is 1. The molecule has 0 unspecified atom stereocenters. The van der Waals surface area contributed by atoms with E-state index in [4.69, 9.17) is 9.47 Å². The summed E-state index contributed by atoms with van der Waals surface area (Å²) >= 11 is 0. The van der Waals surface area contributed by atoms with Gasteiger partial charge >= 0.3 is 0 Å². The van der Waals surface area contributed by atoms with Crippen molar-refractivity contribution in [2.45, 2.75) is 13.0 Å². The summed E-state index contributed by atoms with van der Waals surface area (Å²) in [4.78, 5) is 14.2. The quantitative estimate of drug-likeness (QED) is 0.809. The van der Waals surface area contributed by atoms with E-state index in [1.165, 1.54) is 0 Å². The average Bonchev–Trinajstić information content (AvgIpc) is 2.60. The Hall–Kier alpha value is -2.53. The average molecular weight is 328 g/mol. The third-order valence-electron chi connectivity index (χ3n) is 3.69. The minimum absolute atomic E-state index is 0.0306. The maximum absolute atomic E-state index is 12.1. The number of ether oxygens (including phenoxy) is 2. The highest BCUT2D eigenvalue weighted by atomic mass is 16.5. The standard InChI is InChI=1S/C19H24N2O3/c1-21(14-15-7-6-8-16(13-15)23-2)12-11-19(22)20-17-9-4-5-10-18(17)24-3/h4-10,13H,11-12,14H2,1-3H3,(H,20,22). The summed E-state index contributed by atoms with van der Waals surface area (Å²) in [6.45, 7) is 1.43. The zero-order valence-corrected chi connectivity index (χ0v) is 14.4. The first-order valence-corrected chi connectivity index (χ1v) is 7.86. The molecule has 0 saturated heterocycles. The summed E-state index contributed by atoms with van der Waals surface area (Å²) in [5.74, 6) is 1.47. The molecule has 1 amide bonds. The lowest BCUT2D eigenvalue weighted by atomic mass is 10.2. The maximum Gasteiger partial charge on any atom is 0.225 e. The van der Waals surface area contributed by atoms with Gasteiger partial charge in [0, 0.05) is 19.5 Å². The molecule has 24 heavy (non-hydrogen) atoms. The van der Waals surface area contributed by atoms with E-state index in [1.807, 2.05) is 55.6 Å². The van der Waals surface area contributed by atoms with Crippen LogP contribution in [0.15, 0.2) is 48.5 Å². The molecule has 128 valence electrons. The second-order valence-corrected chi connectivity index (χ2v) is 5.59. The molecule has 0 saturated carbocycles. The number of carbonyl (C=O) groups excluding carboxylic acids is 1. The second kappa shape index (κ2) is 8.93. The molecule has 0 aliphatic heterocycles. The van der Waals surface area contributed by atoms with Crippen molar-refractivity contribution in [2.24, 2.45) is 0 Å². The fourth-order valence-electron chi connectivity index (χ4n) is 2.41. The summed E-state index contributed by atoms with van der Waals surface area (Å²) in [6, 6.07) is 15.3. The van der Waals surface area contributed by atoms with Crippen LogP contribution in [0.5, 0.6) is 11.5 Å². The molecule has 0 bridgehead atoms. The van der Waals surface area contributed by atoms with E-state index in [0.29, 0.717) is 24.4 Å². The van der Waals surface area contributed by atoms with E-state index in [1.54, 1.807) is 14.2 Å². The van der Waals surface area contributed by atoms with Crippen molar-refractivity contribution in [1.82, 2.24) is 4.90 Å². The van der Waals surface area contributed by atoms with Gasteiger partial charge in [-0.3, -0.25) is 4.79 Å². The predicted octanol–water partition coefficient (Wildman–Crippen LogP) is 3.16. The van der Waals surface area contributed by atoms with Gasteiger partial charge in [0.05, 0.1) is 19.9 Å². The zero-order valence-electron chi connectivity index (χ0n) is 14.4. The Balaban J connectivity index is 1.82. The largest absolute Gasteiger partial charge is 0.497 e. The molecule has 2 aromatic rings. The van der Waals surface area contributed by atoms with Gasteiger partial charge in [-0.2, -0.15) is 0 Å². The minimum Gasteiger partial charge on any atom is -0.497 e. The van der Waals surface area contributed by atoms with E-state index >= 15 is 0 Å². The summed E-state index contributed by atoms with van der Waals surface area (Å²) < 4.78 is 10.5. The summed E-state index contributed by atoms with van der Waals surface area (Å²) in [6.07, 6.45) is 0.415. The van der Waals surface area contributed by atoms with Gasteiger partial charge in [0.25, 0.3) is 0 Å². The van der Waals surface area contributed by atoms with Crippen LogP contribution in [-0.4, -0.2) is 38.6 Å². The lowest BCUT2D eigenvalue weighted by molar-refractivity contribution is -0.116. The van der Waals surface area contributed by atoms with Crippen LogP contribution in [0.3, 0.4) is 0 Å². The van der Waals surface area contributed by atoms with Crippen molar-refractivity contribution in [3.05, 3.63) is 54.1 Å². The van der Waals surface area contributed by atoms with E-state index in [0.717, 1.165) is 17.9 Å². The monoisotopic (exact) mass is 328 g/mol. The van der Waals surface area contributed by atoms with Crippen LogP contribution in [0.1, 0.15) is 12.0 Å². The van der Waals surface area contributed by atoms with E-state index in [-0.39, 0.29) is 5.91 Å². The Morgan fingerprint density at radius 2 is 1.88 bits per heavy atom. The fraction of sp³-hybridized carbons (Fsp3) is 0.316. The summed E-state index contributed by atoms with van der Waals surface area (Å²) in [5.41, 5.74) is 1.85. The molecule has 0 aromatic heterocycles. The number of hydrogen-bond donors (Lipinski definition) is 1. The molecule has 0 heterocycles. The molecule has 0 radical (unpaired) electrons. The van der Waals surface area contributed by atoms with Crippen LogP contribution in [0.4, 0.5) is 5.69 Å². The van der Waals surface area contributed by atoms with E-state index in [9.17, 15) is 4.79 Å². The molecule has 1 N–H and O–H groups in total. The number of rotatable bonds is 8. The van der Waals surface area contributed by atoms with Crippen LogP contribution in [0.25, 0.3) is 0 Å². The topological polar surface area (TPSA) is 50.8 Å². The third kappa shape index (κ3) is 5.28. The Kier molecular flexibility index (Phi) is 6.63. The maximum atomic E-state index is 12.1. The molecule has 2 aromatic carbocycles. The summed E-state index contributed by atoms with van der Waals surface area (Å²) in [5, 5.41) is 2.89. The number of para-hydroxylation sites is 2. The van der Waals surface area contributed by atoms with Gasteiger partial charge in [-0.15, -0.1) is 0 Å². The fourth-order valence-corrected chi connectivity index (χ4v) is 2.41. The van der Waals surface area contributed by atoms with Gasteiger partial charge in [0.15, 0.2) is 0 Å². The van der Waals surface area contributed by atoms with Gasteiger partial charge in [-0.1, -0.05) is 24.3 Å². The van der Waals surface area contributed by atoms with Crippen molar-refractivity contribution in [1.29, 1.82) is 0 Å². The molecule has 0 aliphatic rings. The Morgan fingerprint density at radius 1 is 1.08 bits per heavy atom. The lowest BCUT2D eigenvalue weighted by Crippen LogP contribution is -2.24. The predicted molar refractivity (Wildman–Crippen MR) is 95.6 cm³/mol. The third-order valence-corrected chi connectivity index (χ3v) is 3.69. The van der Waals surface area contributed by atoms with Crippen LogP contribution < -0.4 is 14.8 Å². The molecule has 5 nitrogen and oxygen atoms in total. The summed E-state index contributed by atoms with van der Waals surface area (Å²) in [7, 11) is 5.24. The number of methoxy groups -OCH3 is 2. The van der Waals surface area contributed by atoms with Crippen molar-refractivity contribution >= 4 is 11.6 Å². The van der Waals surface area contributed by atoms with Gasteiger partial charge in [-0.05, 0) is 36.9 Å². The van der Waals surface area contributed by atoms with Crippen LogP contribution in [-0.2, 0) is 11.3 Å². The molecule has 0 atom stereocenters. The van der Waals surface area contributed by atoms with Crippen molar-refractivity contribution < 1.29 is 14.3 Å². The molecule has 0 aliphatic carbocycles. The van der Waals surface area contributed by atoms with Crippen molar-refractivity contribution in [2.75, 3.05) is 33.1 Å². The molecule has 2 rings (SSSR count). The SMILES string of the molecule is COc1cccc(CN(C)CCC(=O)Nc2ccccc2OC)c1. The van der Waals surface area contributed by atoms with Gasteiger partial charge in [0.1, 0.15) is 11.5 Å². The number of nitrogens with zero attached hydrogens (tertiary/aromatic N) is 1. The number of nitrogens with one attached hydrogen (secondary N) is 1. The second-order valence-electron chi connectivity index (χ2n) is 5.59. The van der Waals surface area contributed by atoms with Crippen molar-refractivity contribution in [3.8, 4) is 11.5 Å². The van der Waals surface area contributed by atoms with Crippen LogP contribution >= 0.6 is 0 Å². The van der Waals surface area contributed by atoms with Crippen LogP contribution in [0, 0.1) is 0 Å². The zero-order chi connectivity index (χ0) is 17.4. The normalized spacial score (nSPS) is 10.5. The number of anilines is 1. The molecular weight excluding hydrogens is 304 g/mol. The molecular formula is C19H24N2O3. The van der Waals surface area contributed by atoms with Crippen LogP contribution in [0.2, 0.25) is 0 Å². The van der Waals surface area contributed by atoms with E-state index < -0.39 is 0 Å². The number of hydrogen-bond acceptors (Lipinski definition) is 4. The first kappa shape index (κ1) is 17.8.